The normalized spacial score (nSPS) is 16.9. The van der Waals surface area contributed by atoms with Gasteiger partial charge in [-0.25, -0.2) is 13.2 Å². The van der Waals surface area contributed by atoms with Crippen molar-refractivity contribution in [2.75, 3.05) is 33.2 Å². The number of sulfonamides is 1. The number of rotatable bonds is 6. The van der Waals surface area contributed by atoms with E-state index in [4.69, 9.17) is 5.11 Å². The van der Waals surface area contributed by atoms with Crippen molar-refractivity contribution in [3.05, 3.63) is 16.3 Å². The standard InChI is InChI=1S/C12H18N2O4S2/c1-13(6-7-14-4-2-3-5-14)20(17,18)10-8-11(12(15)16)19-9-10/h8-9H,2-7H2,1H3,(H,15,16). The van der Waals surface area contributed by atoms with Crippen LogP contribution in [0, 0.1) is 0 Å². The summed E-state index contributed by atoms with van der Waals surface area (Å²) in [5, 5.41) is 10.2. The van der Waals surface area contributed by atoms with Gasteiger partial charge in [-0.3, -0.25) is 0 Å². The molecule has 1 aliphatic rings. The van der Waals surface area contributed by atoms with Crippen molar-refractivity contribution in [2.24, 2.45) is 0 Å². The van der Waals surface area contributed by atoms with Gasteiger partial charge in [0.2, 0.25) is 10.0 Å². The zero-order valence-electron chi connectivity index (χ0n) is 11.3. The van der Waals surface area contributed by atoms with Crippen molar-refractivity contribution in [1.29, 1.82) is 0 Å². The van der Waals surface area contributed by atoms with Crippen LogP contribution in [0.3, 0.4) is 0 Å². The van der Waals surface area contributed by atoms with E-state index in [1.54, 1.807) is 0 Å². The van der Waals surface area contributed by atoms with Crippen LogP contribution in [0.15, 0.2) is 16.3 Å². The molecule has 0 aliphatic carbocycles. The summed E-state index contributed by atoms with van der Waals surface area (Å²) in [4.78, 5) is 13.1. The highest BCUT2D eigenvalue weighted by molar-refractivity contribution is 7.89. The Hall–Kier alpha value is -0.960. The number of carbonyl (C=O) groups is 1. The van der Waals surface area contributed by atoms with Crippen LogP contribution in [0.5, 0.6) is 0 Å². The Bertz CT molecular complexity index is 576. The molecule has 6 nitrogen and oxygen atoms in total. The van der Waals surface area contributed by atoms with Gasteiger partial charge in [0.15, 0.2) is 0 Å². The Labute approximate surface area is 122 Å². The molecular formula is C12H18N2O4S2. The van der Waals surface area contributed by atoms with Gasteiger partial charge in [-0.2, -0.15) is 4.31 Å². The lowest BCUT2D eigenvalue weighted by Crippen LogP contribution is -2.35. The highest BCUT2D eigenvalue weighted by atomic mass is 32.2. The predicted octanol–water partition coefficient (Wildman–Crippen LogP) is 1.16. The summed E-state index contributed by atoms with van der Waals surface area (Å²) in [6.07, 6.45) is 2.34. The molecule has 0 bridgehead atoms. The van der Waals surface area contributed by atoms with Crippen molar-refractivity contribution in [3.63, 3.8) is 0 Å². The van der Waals surface area contributed by atoms with Crippen LogP contribution in [0.4, 0.5) is 0 Å². The first kappa shape index (κ1) is 15.4. The van der Waals surface area contributed by atoms with Gasteiger partial charge in [0.25, 0.3) is 0 Å². The zero-order valence-corrected chi connectivity index (χ0v) is 12.9. The van der Waals surface area contributed by atoms with Crippen molar-refractivity contribution < 1.29 is 18.3 Å². The van der Waals surface area contributed by atoms with E-state index in [2.05, 4.69) is 4.90 Å². The fourth-order valence-corrected chi connectivity index (χ4v) is 4.42. The monoisotopic (exact) mass is 318 g/mol. The molecule has 0 amide bonds. The number of carboxylic acid groups (broad SMARTS) is 1. The third-order valence-electron chi connectivity index (χ3n) is 3.42. The fraction of sp³-hybridized carbons (Fsp3) is 0.583. The van der Waals surface area contributed by atoms with E-state index in [1.165, 1.54) is 35.6 Å². The molecular weight excluding hydrogens is 300 g/mol. The first-order valence-electron chi connectivity index (χ1n) is 6.42. The van der Waals surface area contributed by atoms with Crippen LogP contribution >= 0.6 is 11.3 Å². The molecule has 8 heteroatoms. The highest BCUT2D eigenvalue weighted by Crippen LogP contribution is 2.22. The lowest BCUT2D eigenvalue weighted by molar-refractivity contribution is 0.0702. The van der Waals surface area contributed by atoms with Gasteiger partial charge in [-0.05, 0) is 32.0 Å². The molecule has 0 aromatic carbocycles. The van der Waals surface area contributed by atoms with Crippen molar-refractivity contribution in [3.8, 4) is 0 Å². The smallest absolute Gasteiger partial charge is 0.345 e. The number of likely N-dealkylation sites (N-methyl/N-ethyl adjacent to an activating group) is 1. The molecule has 1 saturated heterocycles. The second-order valence-corrected chi connectivity index (χ2v) is 7.78. The lowest BCUT2D eigenvalue weighted by Gasteiger charge is -2.20. The van der Waals surface area contributed by atoms with Crippen LogP contribution in [-0.4, -0.2) is 61.9 Å². The molecule has 0 spiro atoms. The zero-order chi connectivity index (χ0) is 14.8. The number of likely N-dealkylation sites (tertiary alicyclic amines) is 1. The molecule has 2 heterocycles. The van der Waals surface area contributed by atoms with Crippen molar-refractivity contribution >= 4 is 27.3 Å². The summed E-state index contributed by atoms with van der Waals surface area (Å²) < 4.78 is 25.9. The summed E-state index contributed by atoms with van der Waals surface area (Å²) >= 11 is 0.930. The van der Waals surface area contributed by atoms with Gasteiger partial charge in [-0.1, -0.05) is 0 Å². The third-order valence-corrected chi connectivity index (χ3v) is 6.33. The first-order chi connectivity index (χ1) is 9.41. The van der Waals surface area contributed by atoms with Gasteiger partial charge in [0, 0.05) is 25.5 Å². The Balaban J connectivity index is 2.02. The molecule has 0 saturated carbocycles. The molecule has 0 unspecified atom stereocenters. The summed E-state index contributed by atoms with van der Waals surface area (Å²) in [5.41, 5.74) is 0. The maximum Gasteiger partial charge on any atom is 0.345 e. The van der Waals surface area contributed by atoms with E-state index in [0.29, 0.717) is 13.1 Å². The molecule has 2 rings (SSSR count). The van der Waals surface area contributed by atoms with E-state index >= 15 is 0 Å². The Morgan fingerprint density at radius 1 is 1.45 bits per heavy atom. The third kappa shape index (κ3) is 3.38. The summed E-state index contributed by atoms with van der Waals surface area (Å²) in [6.45, 7) is 3.18. The molecule has 1 N–H and O–H groups in total. The summed E-state index contributed by atoms with van der Waals surface area (Å²) in [6, 6.07) is 1.22. The average molecular weight is 318 g/mol. The fourth-order valence-electron chi connectivity index (χ4n) is 2.15. The van der Waals surface area contributed by atoms with Crippen LogP contribution in [-0.2, 0) is 10.0 Å². The largest absolute Gasteiger partial charge is 0.477 e. The maximum absolute atomic E-state index is 12.3. The molecule has 112 valence electrons. The molecule has 1 fully saturated rings. The van der Waals surface area contributed by atoms with Crippen LogP contribution < -0.4 is 0 Å². The minimum Gasteiger partial charge on any atom is -0.477 e. The quantitative estimate of drug-likeness (QED) is 0.851. The SMILES string of the molecule is CN(CCN1CCCC1)S(=O)(=O)c1csc(C(=O)O)c1. The molecule has 1 aromatic heterocycles. The second-order valence-electron chi connectivity index (χ2n) is 4.83. The van der Waals surface area contributed by atoms with E-state index < -0.39 is 16.0 Å². The van der Waals surface area contributed by atoms with Gasteiger partial charge in [0.1, 0.15) is 4.88 Å². The van der Waals surface area contributed by atoms with Gasteiger partial charge in [0.05, 0.1) is 4.90 Å². The lowest BCUT2D eigenvalue weighted by atomic mass is 10.4. The van der Waals surface area contributed by atoms with Gasteiger partial charge in [-0.15, -0.1) is 11.3 Å². The van der Waals surface area contributed by atoms with Gasteiger partial charge < -0.3 is 10.0 Å². The molecule has 1 aliphatic heterocycles. The second kappa shape index (κ2) is 6.21. The van der Waals surface area contributed by atoms with Crippen LogP contribution in [0.1, 0.15) is 22.5 Å². The van der Waals surface area contributed by atoms with Crippen LogP contribution in [0.25, 0.3) is 0 Å². The number of aromatic carboxylic acids is 1. The number of nitrogens with zero attached hydrogens (tertiary/aromatic N) is 2. The molecule has 1 aromatic rings. The Morgan fingerprint density at radius 3 is 2.65 bits per heavy atom. The van der Waals surface area contributed by atoms with Crippen molar-refractivity contribution in [2.45, 2.75) is 17.7 Å². The van der Waals surface area contributed by atoms with Gasteiger partial charge >= 0.3 is 5.97 Å². The average Bonchev–Trinajstić information content (AvgIpc) is 3.06. The van der Waals surface area contributed by atoms with Crippen molar-refractivity contribution in [1.82, 2.24) is 9.21 Å². The summed E-state index contributed by atoms with van der Waals surface area (Å²) in [5.74, 6) is -1.10. The number of thiophene rings is 1. The Morgan fingerprint density at radius 2 is 2.10 bits per heavy atom. The highest BCUT2D eigenvalue weighted by Gasteiger charge is 2.24. The minimum absolute atomic E-state index is 0.0384. The number of hydrogen-bond donors (Lipinski definition) is 1. The van der Waals surface area contributed by atoms with E-state index in [0.717, 1.165) is 24.4 Å². The first-order valence-corrected chi connectivity index (χ1v) is 8.74. The topological polar surface area (TPSA) is 77.9 Å². The predicted molar refractivity (Wildman–Crippen MR) is 76.8 cm³/mol. The minimum atomic E-state index is -3.59. The number of carboxylic acids is 1. The van der Waals surface area contributed by atoms with Crippen LogP contribution in [0.2, 0.25) is 0 Å². The molecule has 0 radical (unpaired) electrons. The molecule has 20 heavy (non-hydrogen) atoms. The van der Waals surface area contributed by atoms with E-state index in [-0.39, 0.29) is 9.77 Å². The number of hydrogen-bond acceptors (Lipinski definition) is 5. The maximum atomic E-state index is 12.3. The molecule has 0 atom stereocenters. The summed E-state index contributed by atoms with van der Waals surface area (Å²) in [7, 11) is -2.06. The van der Waals surface area contributed by atoms with E-state index in [1.807, 2.05) is 0 Å². The Kier molecular flexibility index (Phi) is 4.79. The van der Waals surface area contributed by atoms with E-state index in [9.17, 15) is 13.2 Å².